The molecule has 19 heavy (non-hydrogen) atoms. The Labute approximate surface area is 115 Å². The lowest BCUT2D eigenvalue weighted by atomic mass is 9.73. The molecule has 1 atom stereocenters. The van der Waals surface area contributed by atoms with Crippen molar-refractivity contribution >= 4 is 5.97 Å². The van der Waals surface area contributed by atoms with Gasteiger partial charge in [0.2, 0.25) is 0 Å². The highest BCUT2D eigenvalue weighted by Gasteiger charge is 2.42. The Kier molecular flexibility index (Phi) is 5.11. The van der Waals surface area contributed by atoms with Crippen molar-refractivity contribution in [2.45, 2.75) is 34.1 Å². The number of ether oxygens (including phenoxy) is 1. The van der Waals surface area contributed by atoms with Gasteiger partial charge in [-0.25, -0.2) is 0 Å². The molecule has 0 saturated carbocycles. The summed E-state index contributed by atoms with van der Waals surface area (Å²) in [4.78, 5) is 12.3. The van der Waals surface area contributed by atoms with Gasteiger partial charge in [0.05, 0.1) is 17.7 Å². The zero-order valence-electron chi connectivity index (χ0n) is 12.6. The van der Waals surface area contributed by atoms with Gasteiger partial charge >= 0.3 is 5.97 Å². The van der Waals surface area contributed by atoms with Crippen LogP contribution < -0.4 is 5.73 Å². The number of aromatic nitrogens is 2. The average Bonchev–Trinajstić information content (AvgIpc) is 2.64. The quantitative estimate of drug-likeness (QED) is 0.792. The van der Waals surface area contributed by atoms with E-state index in [1.54, 1.807) is 4.68 Å². The standard InChI is InChI=1S/C14H25N3O2/c1-6-19-13(18)14(9-15,10(2)3)8-12-7-11(4)16-17(12)5/h7,10H,6,8-9,15H2,1-5H3. The Morgan fingerprint density at radius 1 is 1.58 bits per heavy atom. The highest BCUT2D eigenvalue weighted by Crippen LogP contribution is 2.32. The minimum absolute atomic E-state index is 0.103. The highest BCUT2D eigenvalue weighted by molar-refractivity contribution is 5.78. The molecule has 5 nitrogen and oxygen atoms in total. The lowest BCUT2D eigenvalue weighted by molar-refractivity contribution is -0.157. The van der Waals surface area contributed by atoms with Gasteiger partial charge in [-0.05, 0) is 25.8 Å². The first-order valence-corrected chi connectivity index (χ1v) is 6.74. The van der Waals surface area contributed by atoms with Crippen LogP contribution in [0.3, 0.4) is 0 Å². The van der Waals surface area contributed by atoms with Crippen molar-refractivity contribution in [3.05, 3.63) is 17.5 Å². The molecule has 0 radical (unpaired) electrons. The molecule has 2 N–H and O–H groups in total. The highest BCUT2D eigenvalue weighted by atomic mass is 16.5. The summed E-state index contributed by atoms with van der Waals surface area (Å²) < 4.78 is 7.04. The third-order valence-electron chi connectivity index (χ3n) is 3.75. The Morgan fingerprint density at radius 3 is 2.58 bits per heavy atom. The van der Waals surface area contributed by atoms with E-state index >= 15 is 0 Å². The lowest BCUT2D eigenvalue weighted by Gasteiger charge is -2.33. The third-order valence-corrected chi connectivity index (χ3v) is 3.75. The van der Waals surface area contributed by atoms with Crippen LogP contribution in [0, 0.1) is 18.3 Å². The van der Waals surface area contributed by atoms with Crippen molar-refractivity contribution in [1.82, 2.24) is 9.78 Å². The molecule has 0 aromatic carbocycles. The second kappa shape index (κ2) is 6.19. The maximum Gasteiger partial charge on any atom is 0.314 e. The van der Waals surface area contributed by atoms with Crippen LogP contribution >= 0.6 is 0 Å². The molecule has 1 rings (SSSR count). The Morgan fingerprint density at radius 2 is 2.21 bits per heavy atom. The van der Waals surface area contributed by atoms with E-state index in [2.05, 4.69) is 5.10 Å². The molecule has 1 aromatic heterocycles. The van der Waals surface area contributed by atoms with Crippen LogP contribution in [0.2, 0.25) is 0 Å². The summed E-state index contributed by atoms with van der Waals surface area (Å²) in [5.74, 6) is -0.113. The van der Waals surface area contributed by atoms with Crippen molar-refractivity contribution in [3.8, 4) is 0 Å². The van der Waals surface area contributed by atoms with Gasteiger partial charge in [0.15, 0.2) is 0 Å². The fraction of sp³-hybridized carbons (Fsp3) is 0.714. The van der Waals surface area contributed by atoms with Gasteiger partial charge in [-0.2, -0.15) is 5.10 Å². The average molecular weight is 267 g/mol. The predicted octanol–water partition coefficient (Wildman–Crippen LogP) is 1.44. The van der Waals surface area contributed by atoms with E-state index in [9.17, 15) is 4.79 Å². The van der Waals surface area contributed by atoms with Gasteiger partial charge in [-0.1, -0.05) is 13.8 Å². The summed E-state index contributed by atoms with van der Waals surface area (Å²) in [5.41, 5.74) is 7.17. The van der Waals surface area contributed by atoms with E-state index in [-0.39, 0.29) is 18.4 Å². The molecule has 0 aliphatic rings. The Bertz CT molecular complexity index is 440. The molecule has 0 aliphatic heterocycles. The summed E-state index contributed by atoms with van der Waals surface area (Å²) >= 11 is 0. The fourth-order valence-electron chi connectivity index (χ4n) is 2.33. The number of esters is 1. The van der Waals surface area contributed by atoms with E-state index in [0.717, 1.165) is 11.4 Å². The van der Waals surface area contributed by atoms with Gasteiger partial charge < -0.3 is 10.5 Å². The molecule has 0 amide bonds. The topological polar surface area (TPSA) is 70.1 Å². The molecule has 0 saturated heterocycles. The molecular formula is C14H25N3O2. The van der Waals surface area contributed by atoms with Crippen molar-refractivity contribution in [1.29, 1.82) is 0 Å². The van der Waals surface area contributed by atoms with Crippen molar-refractivity contribution in [3.63, 3.8) is 0 Å². The van der Waals surface area contributed by atoms with E-state index in [0.29, 0.717) is 13.0 Å². The number of rotatable bonds is 6. The summed E-state index contributed by atoms with van der Waals surface area (Å²) in [7, 11) is 1.88. The summed E-state index contributed by atoms with van der Waals surface area (Å²) in [6, 6.07) is 1.99. The SMILES string of the molecule is CCOC(=O)C(CN)(Cc1cc(C)nn1C)C(C)C. The first-order valence-electron chi connectivity index (χ1n) is 6.74. The zero-order valence-corrected chi connectivity index (χ0v) is 12.6. The number of nitrogens with two attached hydrogens (primary N) is 1. The van der Waals surface area contributed by atoms with E-state index in [1.807, 2.05) is 40.8 Å². The number of nitrogens with zero attached hydrogens (tertiary/aromatic N) is 2. The minimum atomic E-state index is -0.684. The first kappa shape index (κ1) is 15.7. The van der Waals surface area contributed by atoms with Gasteiger partial charge in [0.25, 0.3) is 0 Å². The van der Waals surface area contributed by atoms with Gasteiger partial charge in [0, 0.05) is 25.7 Å². The van der Waals surface area contributed by atoms with Crippen LogP contribution in [0.15, 0.2) is 6.07 Å². The molecule has 5 heteroatoms. The van der Waals surface area contributed by atoms with Crippen molar-refractivity contribution in [2.75, 3.05) is 13.2 Å². The fourth-order valence-corrected chi connectivity index (χ4v) is 2.33. The molecule has 1 heterocycles. The summed E-state index contributed by atoms with van der Waals surface area (Å²) in [5, 5.41) is 4.32. The van der Waals surface area contributed by atoms with Crippen molar-refractivity contribution in [2.24, 2.45) is 24.1 Å². The monoisotopic (exact) mass is 267 g/mol. The van der Waals surface area contributed by atoms with Crippen LogP contribution in [0.25, 0.3) is 0 Å². The molecule has 0 fully saturated rings. The molecule has 108 valence electrons. The van der Waals surface area contributed by atoms with Crippen LogP contribution in [-0.2, 0) is 23.0 Å². The summed E-state index contributed by atoms with van der Waals surface area (Å²) in [6.45, 7) is 8.41. The number of hydrogen-bond donors (Lipinski definition) is 1. The molecule has 1 unspecified atom stereocenters. The van der Waals surface area contributed by atoms with Crippen molar-refractivity contribution < 1.29 is 9.53 Å². The molecule has 0 aliphatic carbocycles. The van der Waals surface area contributed by atoms with E-state index in [1.165, 1.54) is 0 Å². The number of aryl methyl sites for hydroxylation is 2. The second-order valence-electron chi connectivity index (χ2n) is 5.31. The van der Waals surface area contributed by atoms with E-state index < -0.39 is 5.41 Å². The molecular weight excluding hydrogens is 242 g/mol. The molecule has 0 spiro atoms. The van der Waals surface area contributed by atoms with E-state index in [4.69, 9.17) is 10.5 Å². The second-order valence-corrected chi connectivity index (χ2v) is 5.31. The molecule has 0 bridgehead atoms. The number of carbonyl (C=O) groups excluding carboxylic acids is 1. The van der Waals surface area contributed by atoms with Gasteiger partial charge in [0.1, 0.15) is 0 Å². The molecule has 1 aromatic rings. The maximum absolute atomic E-state index is 12.3. The van der Waals surface area contributed by atoms with Crippen LogP contribution in [0.5, 0.6) is 0 Å². The van der Waals surface area contributed by atoms with Crippen LogP contribution in [0.1, 0.15) is 32.2 Å². The first-order chi connectivity index (χ1) is 8.87. The van der Waals surface area contributed by atoms with Gasteiger partial charge in [-0.15, -0.1) is 0 Å². The zero-order chi connectivity index (χ0) is 14.6. The Hall–Kier alpha value is -1.36. The number of hydrogen-bond acceptors (Lipinski definition) is 4. The maximum atomic E-state index is 12.3. The normalized spacial score (nSPS) is 14.5. The van der Waals surface area contributed by atoms with Gasteiger partial charge in [-0.3, -0.25) is 9.48 Å². The van der Waals surface area contributed by atoms with Crippen LogP contribution in [-0.4, -0.2) is 28.9 Å². The summed E-state index contributed by atoms with van der Waals surface area (Å²) in [6.07, 6.45) is 0.553. The number of carbonyl (C=O) groups is 1. The predicted molar refractivity (Wildman–Crippen MR) is 74.6 cm³/mol. The third kappa shape index (κ3) is 3.15. The Balaban J connectivity index is 3.10. The smallest absolute Gasteiger partial charge is 0.314 e. The largest absolute Gasteiger partial charge is 0.466 e. The lowest BCUT2D eigenvalue weighted by Crippen LogP contribution is -2.46. The minimum Gasteiger partial charge on any atom is -0.466 e. The van der Waals surface area contributed by atoms with Crippen LogP contribution in [0.4, 0.5) is 0 Å².